The number of hydrogen-bond donors (Lipinski definition) is 1. The van der Waals surface area contributed by atoms with E-state index < -0.39 is 0 Å². The van der Waals surface area contributed by atoms with E-state index in [4.69, 9.17) is 16.3 Å². The van der Waals surface area contributed by atoms with Crippen LogP contribution in [0.15, 0.2) is 54.7 Å². The summed E-state index contributed by atoms with van der Waals surface area (Å²) in [7, 11) is 0. The molecule has 7 heteroatoms. The Hall–Kier alpha value is -3.12. The topological polar surface area (TPSA) is 71.5 Å². The Morgan fingerprint density at radius 3 is 2.66 bits per heavy atom. The maximum absolute atomic E-state index is 12.5. The SMILES string of the molecule is CCN(CC)C(=O)c1cccc(NC(=O)COc2ccc(Cl)c3cccnc23)c1. The zero-order valence-electron chi connectivity index (χ0n) is 16.3. The quantitative estimate of drug-likeness (QED) is 0.626. The van der Waals surface area contributed by atoms with Gasteiger partial charge in [0.2, 0.25) is 0 Å². The van der Waals surface area contributed by atoms with E-state index in [2.05, 4.69) is 10.3 Å². The van der Waals surface area contributed by atoms with Crippen molar-refractivity contribution in [3.63, 3.8) is 0 Å². The van der Waals surface area contributed by atoms with E-state index in [1.54, 1.807) is 53.6 Å². The van der Waals surface area contributed by atoms with Crippen LogP contribution >= 0.6 is 11.6 Å². The van der Waals surface area contributed by atoms with Gasteiger partial charge >= 0.3 is 0 Å². The molecule has 3 aromatic rings. The van der Waals surface area contributed by atoms with Crippen LogP contribution in [0.5, 0.6) is 5.75 Å². The maximum Gasteiger partial charge on any atom is 0.262 e. The molecule has 1 aromatic heterocycles. The standard InChI is InChI=1S/C22H22ClN3O3/c1-3-26(4-2)22(28)15-7-5-8-16(13-15)25-20(27)14-29-19-11-10-18(23)17-9-6-12-24-21(17)19/h5-13H,3-4,14H2,1-2H3,(H,25,27). The molecule has 0 bridgehead atoms. The molecule has 1 heterocycles. The third kappa shape index (κ3) is 4.84. The van der Waals surface area contributed by atoms with Crippen molar-refractivity contribution in [2.45, 2.75) is 13.8 Å². The van der Waals surface area contributed by atoms with E-state index in [9.17, 15) is 9.59 Å². The van der Waals surface area contributed by atoms with Gasteiger partial charge in [-0.3, -0.25) is 14.6 Å². The minimum absolute atomic E-state index is 0.0685. The number of carbonyl (C=O) groups excluding carboxylic acids is 2. The third-order valence-corrected chi connectivity index (χ3v) is 4.81. The largest absolute Gasteiger partial charge is 0.481 e. The summed E-state index contributed by atoms with van der Waals surface area (Å²) in [6, 6.07) is 13.9. The summed E-state index contributed by atoms with van der Waals surface area (Å²) in [6.07, 6.45) is 1.64. The van der Waals surface area contributed by atoms with Gasteiger partial charge < -0.3 is 15.0 Å². The molecule has 150 valence electrons. The van der Waals surface area contributed by atoms with Gasteiger partial charge in [-0.2, -0.15) is 0 Å². The average molecular weight is 412 g/mol. The number of aromatic nitrogens is 1. The third-order valence-electron chi connectivity index (χ3n) is 4.48. The Morgan fingerprint density at radius 2 is 1.90 bits per heavy atom. The fourth-order valence-corrected chi connectivity index (χ4v) is 3.21. The number of rotatable bonds is 7. The number of benzene rings is 2. The highest BCUT2D eigenvalue weighted by atomic mass is 35.5. The van der Waals surface area contributed by atoms with E-state index >= 15 is 0 Å². The van der Waals surface area contributed by atoms with Crippen molar-refractivity contribution < 1.29 is 14.3 Å². The minimum atomic E-state index is -0.337. The van der Waals surface area contributed by atoms with Gasteiger partial charge in [-0.1, -0.05) is 17.7 Å². The van der Waals surface area contributed by atoms with Crippen LogP contribution in [0.2, 0.25) is 5.02 Å². The van der Waals surface area contributed by atoms with E-state index in [1.165, 1.54) is 0 Å². The lowest BCUT2D eigenvalue weighted by atomic mass is 10.1. The maximum atomic E-state index is 12.5. The van der Waals surface area contributed by atoms with Gasteiger partial charge in [0, 0.05) is 35.9 Å². The van der Waals surface area contributed by atoms with Crippen molar-refractivity contribution >= 4 is 40.0 Å². The smallest absolute Gasteiger partial charge is 0.262 e. The summed E-state index contributed by atoms with van der Waals surface area (Å²) in [4.78, 5) is 30.8. The summed E-state index contributed by atoms with van der Waals surface area (Å²) in [5.41, 5.74) is 1.66. The molecule has 29 heavy (non-hydrogen) atoms. The van der Waals surface area contributed by atoms with E-state index in [1.807, 2.05) is 19.9 Å². The Labute approximate surface area is 174 Å². The van der Waals surface area contributed by atoms with Gasteiger partial charge in [0.1, 0.15) is 11.3 Å². The number of pyridine rings is 1. The molecule has 0 aliphatic carbocycles. The summed E-state index contributed by atoms with van der Waals surface area (Å²) >= 11 is 6.18. The zero-order valence-corrected chi connectivity index (χ0v) is 17.1. The van der Waals surface area contributed by atoms with Crippen LogP contribution < -0.4 is 10.1 Å². The zero-order chi connectivity index (χ0) is 20.8. The number of nitrogens with one attached hydrogen (secondary N) is 1. The molecule has 0 fully saturated rings. The first kappa shape index (κ1) is 20.6. The highest BCUT2D eigenvalue weighted by Crippen LogP contribution is 2.29. The molecule has 0 saturated heterocycles. The normalized spacial score (nSPS) is 10.6. The average Bonchev–Trinajstić information content (AvgIpc) is 2.74. The summed E-state index contributed by atoms with van der Waals surface area (Å²) in [5.74, 6) is 0.0724. The van der Waals surface area contributed by atoms with Crippen LogP contribution in [0.1, 0.15) is 24.2 Å². The molecule has 0 unspecified atom stereocenters. The molecule has 0 aliphatic rings. The first-order valence-corrected chi connectivity index (χ1v) is 9.76. The van der Waals surface area contributed by atoms with Crippen molar-refractivity contribution in [2.24, 2.45) is 0 Å². The number of nitrogens with zero attached hydrogens (tertiary/aromatic N) is 2. The van der Waals surface area contributed by atoms with Gasteiger partial charge in [0.15, 0.2) is 6.61 Å². The molecule has 1 N–H and O–H groups in total. The van der Waals surface area contributed by atoms with Gasteiger partial charge in [0.05, 0.1) is 5.02 Å². The number of fused-ring (bicyclic) bond motifs is 1. The lowest BCUT2D eigenvalue weighted by Crippen LogP contribution is -2.30. The Morgan fingerprint density at radius 1 is 1.10 bits per heavy atom. The Balaban J connectivity index is 1.67. The number of anilines is 1. The highest BCUT2D eigenvalue weighted by molar-refractivity contribution is 6.35. The predicted molar refractivity (Wildman–Crippen MR) is 115 cm³/mol. The monoisotopic (exact) mass is 411 g/mol. The second kappa shape index (κ2) is 9.39. The molecular weight excluding hydrogens is 390 g/mol. The minimum Gasteiger partial charge on any atom is -0.481 e. The van der Waals surface area contributed by atoms with Crippen molar-refractivity contribution in [1.82, 2.24) is 9.88 Å². The molecule has 0 spiro atoms. The van der Waals surface area contributed by atoms with Crippen molar-refractivity contribution in [3.8, 4) is 5.75 Å². The predicted octanol–water partition coefficient (Wildman–Crippen LogP) is 4.39. The fourth-order valence-electron chi connectivity index (χ4n) is 2.99. The second-order valence-electron chi connectivity index (χ2n) is 6.34. The molecule has 3 rings (SSSR count). The van der Waals surface area contributed by atoms with E-state index in [0.29, 0.717) is 40.6 Å². The molecule has 0 radical (unpaired) electrons. The molecular formula is C22H22ClN3O3. The lowest BCUT2D eigenvalue weighted by Gasteiger charge is -2.19. The van der Waals surface area contributed by atoms with E-state index in [-0.39, 0.29) is 18.4 Å². The Bertz CT molecular complexity index is 1030. The van der Waals surface area contributed by atoms with E-state index in [0.717, 1.165) is 5.39 Å². The number of halogens is 1. The van der Waals surface area contributed by atoms with Gasteiger partial charge in [-0.25, -0.2) is 0 Å². The highest BCUT2D eigenvalue weighted by Gasteiger charge is 2.14. The Kier molecular flexibility index (Phi) is 6.67. The van der Waals surface area contributed by atoms with Crippen molar-refractivity contribution in [3.05, 3.63) is 65.3 Å². The van der Waals surface area contributed by atoms with Crippen LogP contribution in [0, 0.1) is 0 Å². The molecule has 0 atom stereocenters. The summed E-state index contributed by atoms with van der Waals surface area (Å²) in [6.45, 7) is 4.92. The number of amides is 2. The molecule has 6 nitrogen and oxygen atoms in total. The molecule has 2 amide bonds. The molecule has 0 aliphatic heterocycles. The van der Waals surface area contributed by atoms with Crippen LogP contribution in [0.4, 0.5) is 5.69 Å². The molecule has 0 saturated carbocycles. The van der Waals surface area contributed by atoms with Gasteiger partial charge in [-0.15, -0.1) is 0 Å². The summed E-state index contributed by atoms with van der Waals surface area (Å²) < 4.78 is 5.65. The van der Waals surface area contributed by atoms with Crippen LogP contribution in [0.3, 0.4) is 0 Å². The second-order valence-corrected chi connectivity index (χ2v) is 6.75. The van der Waals surface area contributed by atoms with Crippen molar-refractivity contribution in [2.75, 3.05) is 25.0 Å². The van der Waals surface area contributed by atoms with Gasteiger partial charge in [0.25, 0.3) is 11.8 Å². The van der Waals surface area contributed by atoms with Crippen LogP contribution in [-0.4, -0.2) is 41.4 Å². The van der Waals surface area contributed by atoms with Crippen molar-refractivity contribution in [1.29, 1.82) is 0 Å². The lowest BCUT2D eigenvalue weighted by molar-refractivity contribution is -0.118. The van der Waals surface area contributed by atoms with Crippen LogP contribution in [0.25, 0.3) is 10.9 Å². The fraction of sp³-hybridized carbons (Fsp3) is 0.227. The number of hydrogen-bond acceptors (Lipinski definition) is 4. The number of ether oxygens (including phenoxy) is 1. The van der Waals surface area contributed by atoms with Gasteiger partial charge in [-0.05, 0) is 56.3 Å². The van der Waals surface area contributed by atoms with Crippen LogP contribution in [-0.2, 0) is 4.79 Å². The molecule has 2 aromatic carbocycles. The first-order chi connectivity index (χ1) is 14.0. The summed E-state index contributed by atoms with van der Waals surface area (Å²) in [5, 5.41) is 4.09. The first-order valence-electron chi connectivity index (χ1n) is 9.38. The number of carbonyl (C=O) groups is 2.